The van der Waals surface area contributed by atoms with Crippen molar-refractivity contribution in [2.24, 2.45) is 0 Å². The third-order valence-corrected chi connectivity index (χ3v) is 5.10. The van der Waals surface area contributed by atoms with E-state index in [9.17, 15) is 0 Å². The standard InChI is InChI=1S/C20H15BrN4/c1-11-9-12(2)25(24-11)20-15-6-4-3-5-14(15)18-16-10-13(21)7-8-17(16)22-19(18)23-20/h3-10H,1-2H3,(H,22,23). The molecule has 0 saturated heterocycles. The van der Waals surface area contributed by atoms with Crippen LogP contribution in [0.2, 0.25) is 0 Å². The van der Waals surface area contributed by atoms with Gasteiger partial charge in [-0.1, -0.05) is 40.2 Å². The van der Waals surface area contributed by atoms with Crippen LogP contribution in [0.5, 0.6) is 0 Å². The minimum atomic E-state index is 0.860. The first-order valence-electron chi connectivity index (χ1n) is 8.15. The number of aromatic amines is 1. The zero-order valence-corrected chi connectivity index (χ0v) is 15.4. The summed E-state index contributed by atoms with van der Waals surface area (Å²) in [6.45, 7) is 4.06. The fraction of sp³-hybridized carbons (Fsp3) is 0.100. The van der Waals surface area contributed by atoms with E-state index in [1.165, 1.54) is 10.8 Å². The van der Waals surface area contributed by atoms with Gasteiger partial charge in [0.05, 0.1) is 5.69 Å². The van der Waals surface area contributed by atoms with E-state index in [0.29, 0.717) is 0 Å². The summed E-state index contributed by atoms with van der Waals surface area (Å²) in [5.74, 6) is 0.860. The van der Waals surface area contributed by atoms with E-state index in [1.54, 1.807) is 0 Å². The van der Waals surface area contributed by atoms with Crippen molar-refractivity contribution >= 4 is 48.6 Å². The fourth-order valence-corrected chi connectivity index (χ4v) is 3.93. The van der Waals surface area contributed by atoms with Crippen LogP contribution < -0.4 is 0 Å². The molecule has 3 heterocycles. The number of aromatic nitrogens is 4. The van der Waals surface area contributed by atoms with Crippen molar-refractivity contribution < 1.29 is 0 Å². The van der Waals surface area contributed by atoms with Crippen molar-refractivity contribution in [2.45, 2.75) is 13.8 Å². The summed E-state index contributed by atoms with van der Waals surface area (Å²) in [6, 6.07) is 16.7. The molecule has 0 unspecified atom stereocenters. The second-order valence-corrected chi connectivity index (χ2v) is 7.27. The highest BCUT2D eigenvalue weighted by Gasteiger charge is 2.16. The highest BCUT2D eigenvalue weighted by Crippen LogP contribution is 2.35. The first kappa shape index (κ1) is 14.7. The number of pyridine rings is 1. The van der Waals surface area contributed by atoms with Crippen LogP contribution in [0.1, 0.15) is 11.4 Å². The first-order valence-corrected chi connectivity index (χ1v) is 8.94. The van der Waals surface area contributed by atoms with Gasteiger partial charge < -0.3 is 4.98 Å². The number of rotatable bonds is 1. The monoisotopic (exact) mass is 390 g/mol. The molecule has 0 saturated carbocycles. The molecule has 25 heavy (non-hydrogen) atoms. The summed E-state index contributed by atoms with van der Waals surface area (Å²) in [4.78, 5) is 8.40. The minimum absolute atomic E-state index is 0.860. The zero-order valence-electron chi connectivity index (χ0n) is 13.8. The Morgan fingerprint density at radius 1 is 0.960 bits per heavy atom. The molecule has 4 nitrogen and oxygen atoms in total. The third-order valence-electron chi connectivity index (χ3n) is 4.61. The van der Waals surface area contributed by atoms with Crippen LogP contribution in [0.3, 0.4) is 0 Å². The van der Waals surface area contributed by atoms with Crippen molar-refractivity contribution in [2.75, 3.05) is 0 Å². The number of fused-ring (bicyclic) bond motifs is 5. The normalized spacial score (nSPS) is 11.8. The molecule has 3 aromatic heterocycles. The smallest absolute Gasteiger partial charge is 0.163 e. The zero-order chi connectivity index (χ0) is 17.1. The average Bonchev–Trinajstić information content (AvgIpc) is 3.13. The summed E-state index contributed by atoms with van der Waals surface area (Å²) < 4.78 is 2.99. The van der Waals surface area contributed by atoms with Crippen LogP contribution in [0.25, 0.3) is 38.5 Å². The maximum absolute atomic E-state index is 4.94. The van der Waals surface area contributed by atoms with Crippen LogP contribution in [0.4, 0.5) is 0 Å². The molecule has 0 radical (unpaired) electrons. The molecular formula is C20H15BrN4. The van der Waals surface area contributed by atoms with Gasteiger partial charge in [-0.25, -0.2) is 9.67 Å². The molecule has 122 valence electrons. The molecule has 0 bridgehead atoms. The van der Waals surface area contributed by atoms with E-state index in [1.807, 2.05) is 17.7 Å². The van der Waals surface area contributed by atoms with Crippen LogP contribution in [0.15, 0.2) is 53.0 Å². The topological polar surface area (TPSA) is 46.5 Å². The maximum atomic E-state index is 4.94. The molecule has 0 aliphatic rings. The van der Waals surface area contributed by atoms with Crippen molar-refractivity contribution in [3.05, 3.63) is 64.4 Å². The van der Waals surface area contributed by atoms with Crippen molar-refractivity contribution in [1.29, 1.82) is 0 Å². The number of nitrogens with one attached hydrogen (secondary N) is 1. The van der Waals surface area contributed by atoms with Gasteiger partial charge in [-0.2, -0.15) is 5.10 Å². The van der Waals surface area contributed by atoms with Gasteiger partial charge >= 0.3 is 0 Å². The van der Waals surface area contributed by atoms with E-state index in [-0.39, 0.29) is 0 Å². The van der Waals surface area contributed by atoms with Gasteiger partial charge in [0, 0.05) is 31.8 Å². The van der Waals surface area contributed by atoms with Crippen LogP contribution in [-0.2, 0) is 0 Å². The number of halogens is 1. The molecule has 0 aliphatic carbocycles. The predicted molar refractivity (Wildman–Crippen MR) is 105 cm³/mol. The van der Waals surface area contributed by atoms with Crippen LogP contribution in [0, 0.1) is 13.8 Å². The van der Waals surface area contributed by atoms with E-state index in [2.05, 4.69) is 75.4 Å². The number of aryl methyl sites for hydroxylation is 2. The van der Waals surface area contributed by atoms with Gasteiger partial charge in [0.25, 0.3) is 0 Å². The Morgan fingerprint density at radius 3 is 2.52 bits per heavy atom. The van der Waals surface area contributed by atoms with Crippen molar-refractivity contribution in [3.63, 3.8) is 0 Å². The molecule has 2 aromatic carbocycles. The fourth-order valence-electron chi connectivity index (χ4n) is 3.57. The van der Waals surface area contributed by atoms with Gasteiger partial charge in [-0.3, -0.25) is 0 Å². The Bertz CT molecular complexity index is 1280. The molecule has 0 aliphatic heterocycles. The minimum Gasteiger partial charge on any atom is -0.339 e. The van der Waals surface area contributed by atoms with Gasteiger partial charge in [-0.15, -0.1) is 0 Å². The Kier molecular flexibility index (Phi) is 3.03. The Hall–Kier alpha value is -2.66. The quantitative estimate of drug-likeness (QED) is 0.414. The highest BCUT2D eigenvalue weighted by atomic mass is 79.9. The first-order chi connectivity index (χ1) is 12.1. The Morgan fingerprint density at radius 2 is 1.76 bits per heavy atom. The molecule has 5 aromatic rings. The van der Waals surface area contributed by atoms with Gasteiger partial charge in [0.15, 0.2) is 5.82 Å². The van der Waals surface area contributed by atoms with E-state index in [4.69, 9.17) is 4.98 Å². The predicted octanol–water partition coefficient (Wildman–Crippen LogP) is 5.43. The van der Waals surface area contributed by atoms with Crippen molar-refractivity contribution in [3.8, 4) is 5.82 Å². The summed E-state index contributed by atoms with van der Waals surface area (Å²) in [5.41, 5.74) is 4.04. The van der Waals surface area contributed by atoms with Crippen LogP contribution >= 0.6 is 15.9 Å². The molecule has 5 heteroatoms. The molecule has 0 fully saturated rings. The van der Waals surface area contributed by atoms with E-state index in [0.717, 1.165) is 43.6 Å². The second kappa shape index (κ2) is 5.17. The van der Waals surface area contributed by atoms with Crippen molar-refractivity contribution in [1.82, 2.24) is 19.7 Å². The molecule has 0 amide bonds. The summed E-state index contributed by atoms with van der Waals surface area (Å²) in [6.07, 6.45) is 0. The lowest BCUT2D eigenvalue weighted by Crippen LogP contribution is -2.03. The maximum Gasteiger partial charge on any atom is 0.163 e. The van der Waals surface area contributed by atoms with Gasteiger partial charge in [0.1, 0.15) is 5.65 Å². The Labute approximate surface area is 152 Å². The average molecular weight is 391 g/mol. The summed E-state index contributed by atoms with van der Waals surface area (Å²) in [5, 5.41) is 9.24. The van der Waals surface area contributed by atoms with Gasteiger partial charge in [-0.05, 0) is 43.5 Å². The Balaban J connectivity index is 2.00. The number of hydrogen-bond acceptors (Lipinski definition) is 2. The molecular weight excluding hydrogens is 376 g/mol. The largest absolute Gasteiger partial charge is 0.339 e. The summed E-state index contributed by atoms with van der Waals surface area (Å²) in [7, 11) is 0. The highest BCUT2D eigenvalue weighted by molar-refractivity contribution is 9.10. The second-order valence-electron chi connectivity index (χ2n) is 6.36. The third kappa shape index (κ3) is 2.12. The lowest BCUT2D eigenvalue weighted by Gasteiger charge is -2.09. The van der Waals surface area contributed by atoms with E-state index >= 15 is 0 Å². The number of hydrogen-bond donors (Lipinski definition) is 1. The summed E-state index contributed by atoms with van der Waals surface area (Å²) >= 11 is 3.58. The number of H-pyrrole nitrogens is 1. The molecule has 0 spiro atoms. The SMILES string of the molecule is Cc1cc(C)n(-c2nc3[nH]c4ccc(Br)cc4c3c3ccccc23)n1. The van der Waals surface area contributed by atoms with E-state index < -0.39 is 0 Å². The lowest BCUT2D eigenvalue weighted by atomic mass is 10.1. The number of benzene rings is 2. The van der Waals surface area contributed by atoms with Crippen LogP contribution in [-0.4, -0.2) is 19.7 Å². The molecule has 1 N–H and O–H groups in total. The lowest BCUT2D eigenvalue weighted by molar-refractivity contribution is 0.817. The number of nitrogens with zero attached hydrogens (tertiary/aromatic N) is 3. The van der Waals surface area contributed by atoms with Gasteiger partial charge in [0.2, 0.25) is 0 Å². The molecule has 0 atom stereocenters. The molecule has 5 rings (SSSR count).